The highest BCUT2D eigenvalue weighted by Gasteiger charge is 2.08. The third kappa shape index (κ3) is 5.71. The molecule has 0 N–H and O–H groups in total. The molecule has 0 aliphatic rings. The van der Waals surface area contributed by atoms with Gasteiger partial charge >= 0.3 is 0 Å². The Balaban J connectivity index is 2.21. The van der Waals surface area contributed by atoms with E-state index in [1.165, 1.54) is 0 Å². The van der Waals surface area contributed by atoms with Gasteiger partial charge in [-0.2, -0.15) is 0 Å². The van der Waals surface area contributed by atoms with Crippen LogP contribution >= 0.6 is 38.5 Å². The van der Waals surface area contributed by atoms with Gasteiger partial charge in [0.25, 0.3) is 0 Å². The smallest absolute Gasteiger partial charge is 0.130 e. The van der Waals surface area contributed by atoms with Crippen molar-refractivity contribution >= 4 is 50.5 Å². The van der Waals surface area contributed by atoms with E-state index < -0.39 is 0 Å². The zero-order valence-electron chi connectivity index (χ0n) is 15.1. The summed E-state index contributed by atoms with van der Waals surface area (Å²) in [5.41, 5.74) is 3.17. The lowest BCUT2D eigenvalue weighted by Crippen LogP contribution is -2.21. The highest BCUT2D eigenvalue weighted by molar-refractivity contribution is 14.1. The Kier molecular flexibility index (Phi) is 7.75. The molecule has 0 radical (unpaired) electrons. The fourth-order valence-corrected chi connectivity index (χ4v) is 3.11. The fraction of sp³-hybridized carbons (Fsp3) is 0.350. The van der Waals surface area contributed by atoms with Crippen LogP contribution in [0.2, 0.25) is 0 Å². The molecule has 0 saturated heterocycles. The van der Waals surface area contributed by atoms with Gasteiger partial charge in [-0.3, -0.25) is 0 Å². The van der Waals surface area contributed by atoms with Gasteiger partial charge < -0.3 is 9.64 Å². The van der Waals surface area contributed by atoms with E-state index in [0.29, 0.717) is 0 Å². The Labute approximate surface area is 172 Å². The van der Waals surface area contributed by atoms with Crippen LogP contribution in [0.1, 0.15) is 31.4 Å². The van der Waals surface area contributed by atoms with Crippen molar-refractivity contribution in [2.45, 2.75) is 34.1 Å². The molecule has 134 valence electrons. The van der Waals surface area contributed by atoms with Crippen LogP contribution in [0.4, 0.5) is 5.69 Å². The Morgan fingerprint density at radius 2 is 1.92 bits per heavy atom. The molecule has 0 heterocycles. The molecule has 25 heavy (non-hydrogen) atoms. The van der Waals surface area contributed by atoms with E-state index in [2.05, 4.69) is 88.2 Å². The highest BCUT2D eigenvalue weighted by atomic mass is 127. The molecular weight excluding hydrogens is 491 g/mol. The van der Waals surface area contributed by atoms with Gasteiger partial charge in [-0.15, -0.1) is 0 Å². The van der Waals surface area contributed by atoms with Crippen molar-refractivity contribution < 1.29 is 4.74 Å². The normalized spacial score (nSPS) is 11.1. The summed E-state index contributed by atoms with van der Waals surface area (Å²) < 4.78 is 8.27. The van der Waals surface area contributed by atoms with Crippen molar-refractivity contribution in [3.05, 3.63) is 49.5 Å². The zero-order chi connectivity index (χ0) is 18.4. The first-order chi connectivity index (χ1) is 11.9. The quantitative estimate of drug-likeness (QED) is 0.229. The predicted molar refractivity (Wildman–Crippen MR) is 119 cm³/mol. The first-order valence-corrected chi connectivity index (χ1v) is 10.3. The second kappa shape index (κ2) is 9.57. The van der Waals surface area contributed by atoms with Gasteiger partial charge in [0.05, 0.1) is 12.0 Å². The molecule has 3 nitrogen and oxygen atoms in total. The van der Waals surface area contributed by atoms with Gasteiger partial charge in [0.15, 0.2) is 0 Å². The van der Waals surface area contributed by atoms with Crippen molar-refractivity contribution in [3.8, 4) is 11.5 Å². The molecule has 0 atom stereocenters. The number of aliphatic imine (C=N–C) groups is 1. The average Bonchev–Trinajstić information content (AvgIpc) is 2.58. The van der Waals surface area contributed by atoms with E-state index in [0.717, 1.165) is 55.9 Å². The maximum absolute atomic E-state index is 6.07. The molecule has 2 aromatic carbocycles. The number of ether oxygens (including phenoxy) is 1. The lowest BCUT2D eigenvalue weighted by Gasteiger charge is -2.16. The van der Waals surface area contributed by atoms with E-state index >= 15 is 0 Å². The van der Waals surface area contributed by atoms with Crippen LogP contribution in [0.5, 0.6) is 11.5 Å². The number of hydrogen-bond donors (Lipinski definition) is 0. The van der Waals surface area contributed by atoms with Crippen molar-refractivity contribution in [1.82, 2.24) is 4.90 Å². The van der Waals surface area contributed by atoms with Crippen LogP contribution in [0, 0.1) is 17.4 Å². The zero-order valence-corrected chi connectivity index (χ0v) is 18.9. The number of nitrogens with zero attached hydrogens (tertiary/aromatic N) is 2. The summed E-state index contributed by atoms with van der Waals surface area (Å²) in [5.74, 6) is 1.69. The largest absolute Gasteiger partial charge is 0.457 e. The standard InChI is InChI=1S/C20H24BrIN2O/c1-5-9-24(6-2)13-23-19-10-15(4)20(11-14(19)3)25-16-7-8-18(22)17(21)12-16/h7-8,10-13H,5-6,9H2,1-4H3/b23-13+. The number of hydrogen-bond acceptors (Lipinski definition) is 2. The summed E-state index contributed by atoms with van der Waals surface area (Å²) in [6.45, 7) is 10.5. The topological polar surface area (TPSA) is 24.8 Å². The molecule has 0 aromatic heterocycles. The summed E-state index contributed by atoms with van der Waals surface area (Å²) in [4.78, 5) is 6.89. The van der Waals surface area contributed by atoms with Gasteiger partial charge in [-0.25, -0.2) is 4.99 Å². The van der Waals surface area contributed by atoms with Gasteiger partial charge in [0.2, 0.25) is 0 Å². The van der Waals surface area contributed by atoms with Crippen molar-refractivity contribution in [2.75, 3.05) is 13.1 Å². The van der Waals surface area contributed by atoms with Crippen LogP contribution in [-0.2, 0) is 0 Å². The van der Waals surface area contributed by atoms with Crippen LogP contribution in [0.15, 0.2) is 39.8 Å². The molecular formula is C20H24BrIN2O. The van der Waals surface area contributed by atoms with Crippen molar-refractivity contribution in [2.24, 2.45) is 4.99 Å². The Hall–Kier alpha value is -1.08. The van der Waals surface area contributed by atoms with Crippen LogP contribution < -0.4 is 4.74 Å². The van der Waals surface area contributed by atoms with E-state index in [-0.39, 0.29) is 0 Å². The minimum atomic E-state index is 0.825. The first kappa shape index (κ1) is 20.2. The number of rotatable bonds is 7. The Bertz CT molecular complexity index is 762. The van der Waals surface area contributed by atoms with Gasteiger partial charge in [-0.05, 0) is 107 Å². The molecule has 0 bridgehead atoms. The minimum absolute atomic E-state index is 0.825. The molecule has 0 aliphatic carbocycles. The molecule has 0 aliphatic heterocycles. The third-order valence-electron chi connectivity index (χ3n) is 3.89. The SMILES string of the molecule is CCCN(/C=N/c1cc(C)c(Oc2ccc(I)c(Br)c2)cc1C)CC. The van der Waals surface area contributed by atoms with E-state index in [1.807, 2.05) is 24.5 Å². The summed E-state index contributed by atoms with van der Waals surface area (Å²) >= 11 is 5.84. The summed E-state index contributed by atoms with van der Waals surface area (Å²) in [5, 5.41) is 0. The molecule has 0 saturated carbocycles. The second-order valence-electron chi connectivity index (χ2n) is 5.96. The third-order valence-corrected chi connectivity index (χ3v) is 6.23. The van der Waals surface area contributed by atoms with Crippen LogP contribution in [-0.4, -0.2) is 24.3 Å². The first-order valence-electron chi connectivity index (χ1n) is 8.47. The Morgan fingerprint density at radius 3 is 2.56 bits per heavy atom. The monoisotopic (exact) mass is 514 g/mol. The van der Waals surface area contributed by atoms with E-state index in [4.69, 9.17) is 4.74 Å². The molecule has 0 spiro atoms. The number of aryl methyl sites for hydroxylation is 2. The summed E-state index contributed by atoms with van der Waals surface area (Å²) in [6, 6.07) is 10.2. The molecule has 5 heteroatoms. The summed E-state index contributed by atoms with van der Waals surface area (Å²) in [6.07, 6.45) is 3.07. The fourth-order valence-electron chi connectivity index (χ4n) is 2.42. The number of benzene rings is 2. The highest BCUT2D eigenvalue weighted by Crippen LogP contribution is 2.33. The van der Waals surface area contributed by atoms with Crippen molar-refractivity contribution in [1.29, 1.82) is 0 Å². The van der Waals surface area contributed by atoms with Crippen LogP contribution in [0.25, 0.3) is 0 Å². The van der Waals surface area contributed by atoms with Gasteiger partial charge in [0, 0.05) is 21.1 Å². The molecule has 0 fully saturated rings. The lowest BCUT2D eigenvalue weighted by atomic mass is 10.1. The molecule has 0 amide bonds. The van der Waals surface area contributed by atoms with E-state index in [9.17, 15) is 0 Å². The molecule has 2 aromatic rings. The summed E-state index contributed by atoms with van der Waals surface area (Å²) in [7, 11) is 0. The molecule has 2 rings (SSSR count). The predicted octanol–water partition coefficient (Wildman–Crippen LogP) is 6.85. The Morgan fingerprint density at radius 1 is 1.16 bits per heavy atom. The second-order valence-corrected chi connectivity index (χ2v) is 7.97. The van der Waals surface area contributed by atoms with Crippen molar-refractivity contribution in [3.63, 3.8) is 0 Å². The minimum Gasteiger partial charge on any atom is -0.457 e. The van der Waals surface area contributed by atoms with Gasteiger partial charge in [0.1, 0.15) is 11.5 Å². The lowest BCUT2D eigenvalue weighted by molar-refractivity contribution is 0.452. The average molecular weight is 515 g/mol. The maximum atomic E-state index is 6.07. The van der Waals surface area contributed by atoms with Crippen LogP contribution in [0.3, 0.4) is 0 Å². The number of halogens is 2. The van der Waals surface area contributed by atoms with E-state index in [1.54, 1.807) is 0 Å². The molecule has 0 unspecified atom stereocenters. The van der Waals surface area contributed by atoms with Gasteiger partial charge in [-0.1, -0.05) is 6.92 Å². The maximum Gasteiger partial charge on any atom is 0.130 e.